The minimum absolute atomic E-state index is 0.0120. The van der Waals surface area contributed by atoms with E-state index in [1.807, 2.05) is 0 Å². The third kappa shape index (κ3) is 54.3. The van der Waals surface area contributed by atoms with Crippen molar-refractivity contribution in [3.63, 3.8) is 0 Å². The molecule has 0 aliphatic carbocycles. The Hall–Kier alpha value is -1.51. The van der Waals surface area contributed by atoms with Gasteiger partial charge in [0.25, 0.3) is 0 Å². The molecule has 0 aliphatic rings. The Kier molecular flexibility index (Phi) is 57.1. The fourth-order valence-electron chi connectivity index (χ4n) is 9.00. The van der Waals surface area contributed by atoms with Crippen LogP contribution in [0.1, 0.15) is 297 Å². The number of carbonyl (C=O) groups excluding carboxylic acids is 1. The summed E-state index contributed by atoms with van der Waals surface area (Å²) in [4.78, 5) is 15.0. The zero-order valence-electron chi connectivity index (χ0n) is 47.8. The summed E-state index contributed by atoms with van der Waals surface area (Å²) >= 11 is 0. The lowest BCUT2D eigenvalue weighted by Crippen LogP contribution is -2.20. The van der Waals surface area contributed by atoms with Crippen LogP contribution in [0.4, 0.5) is 0 Å². The van der Waals surface area contributed by atoms with Gasteiger partial charge >= 0.3 is 5.97 Å². The van der Waals surface area contributed by atoms with Gasteiger partial charge in [-0.3, -0.25) is 4.79 Å². The van der Waals surface area contributed by atoms with Crippen molar-refractivity contribution in [2.24, 2.45) is 0 Å². The number of ether oxygens (including phenoxy) is 5. The Morgan fingerprint density at radius 1 is 0.371 bits per heavy atom. The maximum Gasteiger partial charge on any atom is 0.306 e. The fraction of sp³-hybridized carbons (Fsp3) is 0.889. The van der Waals surface area contributed by atoms with Gasteiger partial charge in [0.1, 0.15) is 6.10 Å². The van der Waals surface area contributed by atoms with E-state index >= 15 is 0 Å². The molecular weight excluding hydrogens is 867 g/mol. The van der Waals surface area contributed by atoms with E-state index in [4.69, 9.17) is 23.7 Å². The second-order valence-electron chi connectivity index (χ2n) is 20.9. The number of carbonyl (C=O) groups is 1. The molecule has 0 N–H and O–H groups in total. The Bertz CT molecular complexity index is 1080. The SMILES string of the molecule is CCCCCC/C=C\COC(CCCCCCCCCC(CCCCCCCCCC(OC/C=C\CCCCCC)OCCCCCCCCC)OC(=O)CCCN(C)C)OC/C=C\CCCCCC. The summed E-state index contributed by atoms with van der Waals surface area (Å²) in [5.41, 5.74) is 0. The van der Waals surface area contributed by atoms with E-state index in [0.717, 1.165) is 96.6 Å². The highest BCUT2D eigenvalue weighted by molar-refractivity contribution is 5.69. The standard InChI is InChI=1S/C63H121NO6/c1-7-11-15-19-29-37-45-56-66-62(67-57-46-38-30-20-16-12-8-2)53-43-35-27-23-25-33-41-50-60(70-61(65)52-49-55-64(5)6)51-42-34-26-24-28-36-44-54-63(68-58-47-39-31-21-17-13-9-3)69-59-48-40-32-22-18-14-10-4/h37-39,45-47,60,62-63H,7-36,40-44,48-59H2,1-6H3/b45-37-,46-38-,47-39-. The maximum absolute atomic E-state index is 12.8. The van der Waals surface area contributed by atoms with Crippen LogP contribution in [0.5, 0.6) is 0 Å². The molecule has 0 aromatic rings. The van der Waals surface area contributed by atoms with Crippen LogP contribution in [0.3, 0.4) is 0 Å². The quantitative estimate of drug-likeness (QED) is 0.0260. The minimum atomic E-state index is -0.132. The van der Waals surface area contributed by atoms with E-state index < -0.39 is 0 Å². The van der Waals surface area contributed by atoms with E-state index in [1.165, 1.54) is 180 Å². The summed E-state index contributed by atoms with van der Waals surface area (Å²) in [7, 11) is 4.13. The van der Waals surface area contributed by atoms with Gasteiger partial charge in [0, 0.05) is 13.0 Å². The first-order valence-electron chi connectivity index (χ1n) is 30.7. The zero-order chi connectivity index (χ0) is 50.9. The summed E-state index contributed by atoms with van der Waals surface area (Å²) in [6, 6.07) is 0. The summed E-state index contributed by atoms with van der Waals surface area (Å²) in [5, 5.41) is 0. The lowest BCUT2D eigenvalue weighted by atomic mass is 10.0. The Morgan fingerprint density at radius 3 is 1.09 bits per heavy atom. The molecule has 7 heteroatoms. The number of esters is 1. The fourth-order valence-corrected chi connectivity index (χ4v) is 9.00. The molecule has 0 heterocycles. The summed E-state index contributed by atoms with van der Waals surface area (Å²) in [5.74, 6) is -0.0120. The van der Waals surface area contributed by atoms with Crippen molar-refractivity contribution in [2.75, 3.05) is 47.1 Å². The van der Waals surface area contributed by atoms with Crippen molar-refractivity contribution in [1.29, 1.82) is 0 Å². The van der Waals surface area contributed by atoms with Crippen LogP contribution in [0, 0.1) is 0 Å². The van der Waals surface area contributed by atoms with Crippen LogP contribution >= 0.6 is 0 Å². The predicted octanol–water partition coefficient (Wildman–Crippen LogP) is 19.3. The smallest absolute Gasteiger partial charge is 0.306 e. The Labute approximate surface area is 437 Å². The highest BCUT2D eigenvalue weighted by Gasteiger charge is 2.15. The molecule has 0 amide bonds. The third-order valence-electron chi connectivity index (χ3n) is 13.6. The summed E-state index contributed by atoms with van der Waals surface area (Å²) in [6.45, 7) is 12.7. The van der Waals surface area contributed by atoms with Crippen molar-refractivity contribution >= 4 is 5.97 Å². The first-order chi connectivity index (χ1) is 34.5. The monoisotopic (exact) mass is 988 g/mol. The topological polar surface area (TPSA) is 66.5 Å². The third-order valence-corrected chi connectivity index (χ3v) is 13.6. The van der Waals surface area contributed by atoms with Crippen LogP contribution in [-0.4, -0.2) is 76.6 Å². The zero-order valence-corrected chi connectivity index (χ0v) is 47.8. The van der Waals surface area contributed by atoms with Crippen molar-refractivity contribution in [2.45, 2.75) is 316 Å². The largest absolute Gasteiger partial charge is 0.462 e. The van der Waals surface area contributed by atoms with E-state index in [-0.39, 0.29) is 24.7 Å². The normalized spacial score (nSPS) is 13.1. The second kappa shape index (κ2) is 58.4. The average Bonchev–Trinajstić information content (AvgIpc) is 3.35. The maximum atomic E-state index is 12.8. The van der Waals surface area contributed by atoms with Gasteiger partial charge in [-0.2, -0.15) is 0 Å². The molecule has 7 nitrogen and oxygen atoms in total. The van der Waals surface area contributed by atoms with Crippen molar-refractivity contribution in [3.8, 4) is 0 Å². The Morgan fingerprint density at radius 2 is 0.700 bits per heavy atom. The lowest BCUT2D eigenvalue weighted by Gasteiger charge is -2.19. The molecule has 0 radical (unpaired) electrons. The predicted molar refractivity (Wildman–Crippen MR) is 304 cm³/mol. The summed E-state index contributed by atoms with van der Waals surface area (Å²) < 4.78 is 31.0. The molecule has 0 aromatic carbocycles. The molecule has 0 rings (SSSR count). The molecule has 0 spiro atoms. The molecular formula is C63H121NO6. The lowest BCUT2D eigenvalue weighted by molar-refractivity contribution is -0.150. The molecule has 414 valence electrons. The van der Waals surface area contributed by atoms with Crippen LogP contribution in [0.25, 0.3) is 0 Å². The number of allylic oxidation sites excluding steroid dienone is 3. The highest BCUT2D eigenvalue weighted by Crippen LogP contribution is 2.20. The van der Waals surface area contributed by atoms with Gasteiger partial charge in [-0.15, -0.1) is 0 Å². The first kappa shape index (κ1) is 68.5. The number of unbranched alkanes of at least 4 members (excludes halogenated alkanes) is 30. The van der Waals surface area contributed by atoms with Crippen molar-refractivity contribution in [1.82, 2.24) is 4.90 Å². The van der Waals surface area contributed by atoms with Crippen molar-refractivity contribution in [3.05, 3.63) is 36.5 Å². The van der Waals surface area contributed by atoms with Crippen LogP contribution in [0.2, 0.25) is 0 Å². The van der Waals surface area contributed by atoms with E-state index in [0.29, 0.717) is 26.2 Å². The Balaban J connectivity index is 4.63. The number of hydrogen-bond donors (Lipinski definition) is 0. The molecule has 0 aliphatic heterocycles. The molecule has 0 saturated heterocycles. The number of hydrogen-bond acceptors (Lipinski definition) is 7. The van der Waals surface area contributed by atoms with Gasteiger partial charge in [0.05, 0.1) is 19.8 Å². The minimum Gasteiger partial charge on any atom is -0.462 e. The number of rotatable bonds is 58. The molecule has 0 bridgehead atoms. The molecule has 0 fully saturated rings. The van der Waals surface area contributed by atoms with Crippen molar-refractivity contribution < 1.29 is 28.5 Å². The average molecular weight is 989 g/mol. The van der Waals surface area contributed by atoms with E-state index in [1.54, 1.807) is 0 Å². The number of nitrogens with zero attached hydrogens (tertiary/aromatic N) is 1. The van der Waals surface area contributed by atoms with Crippen LogP contribution in [-0.2, 0) is 28.5 Å². The molecule has 2 unspecified atom stereocenters. The van der Waals surface area contributed by atoms with Crippen LogP contribution in [0.15, 0.2) is 36.5 Å². The summed E-state index contributed by atoms with van der Waals surface area (Å²) in [6.07, 6.45) is 63.8. The molecule has 2 atom stereocenters. The molecule has 0 aromatic heterocycles. The van der Waals surface area contributed by atoms with Gasteiger partial charge < -0.3 is 28.6 Å². The van der Waals surface area contributed by atoms with Gasteiger partial charge in [0.2, 0.25) is 0 Å². The first-order valence-corrected chi connectivity index (χ1v) is 30.7. The van der Waals surface area contributed by atoms with Crippen LogP contribution < -0.4 is 0 Å². The van der Waals surface area contributed by atoms with E-state index in [9.17, 15) is 4.79 Å². The van der Waals surface area contributed by atoms with E-state index in [2.05, 4.69) is 83.1 Å². The van der Waals surface area contributed by atoms with Gasteiger partial charge in [-0.05, 0) is 123 Å². The highest BCUT2D eigenvalue weighted by atomic mass is 16.7. The molecule has 70 heavy (non-hydrogen) atoms. The second-order valence-corrected chi connectivity index (χ2v) is 20.9. The van der Waals surface area contributed by atoms with Gasteiger partial charge in [-0.25, -0.2) is 0 Å². The van der Waals surface area contributed by atoms with Gasteiger partial charge in [-0.1, -0.05) is 225 Å². The van der Waals surface area contributed by atoms with Gasteiger partial charge in [0.15, 0.2) is 12.6 Å². The molecule has 0 saturated carbocycles.